The van der Waals surface area contributed by atoms with Gasteiger partial charge in [0, 0.05) is 37.6 Å². The number of anilines is 2. The van der Waals surface area contributed by atoms with Crippen molar-refractivity contribution in [3.05, 3.63) is 53.7 Å². The molecule has 1 aromatic heterocycles. The first kappa shape index (κ1) is 24.3. The van der Waals surface area contributed by atoms with Crippen LogP contribution in [0.4, 0.5) is 11.5 Å². The van der Waals surface area contributed by atoms with Crippen molar-refractivity contribution in [2.24, 2.45) is 0 Å². The zero-order valence-electron chi connectivity index (χ0n) is 21.0. The SMILES string of the molecule is COc1cc(-c2ncc(C(=O)N3CCCCC3)c(N(C)c3ccc(C)cc3)n2)cc(OC)c1OC. The molecule has 8 heteroatoms. The van der Waals surface area contributed by atoms with Crippen molar-refractivity contribution in [1.29, 1.82) is 0 Å². The van der Waals surface area contributed by atoms with Crippen LogP contribution in [-0.4, -0.2) is 62.2 Å². The normalized spacial score (nSPS) is 13.3. The van der Waals surface area contributed by atoms with Crippen molar-refractivity contribution in [3.8, 4) is 28.6 Å². The Labute approximate surface area is 206 Å². The highest BCUT2D eigenvalue weighted by Gasteiger charge is 2.25. The summed E-state index contributed by atoms with van der Waals surface area (Å²) in [5.74, 6) is 2.46. The molecule has 1 fully saturated rings. The number of carbonyl (C=O) groups is 1. The molecule has 1 amide bonds. The summed E-state index contributed by atoms with van der Waals surface area (Å²) in [6.45, 7) is 3.55. The molecular formula is C27H32N4O4. The summed E-state index contributed by atoms with van der Waals surface area (Å²) in [6, 6.07) is 11.7. The lowest BCUT2D eigenvalue weighted by Gasteiger charge is -2.29. The van der Waals surface area contributed by atoms with Gasteiger partial charge in [0.25, 0.3) is 5.91 Å². The van der Waals surface area contributed by atoms with Crippen molar-refractivity contribution in [2.75, 3.05) is 46.4 Å². The fourth-order valence-corrected chi connectivity index (χ4v) is 4.29. The number of piperidine rings is 1. The Kier molecular flexibility index (Phi) is 7.39. The lowest BCUT2D eigenvalue weighted by molar-refractivity contribution is 0.0724. The van der Waals surface area contributed by atoms with Gasteiger partial charge in [-0.2, -0.15) is 0 Å². The lowest BCUT2D eigenvalue weighted by Crippen LogP contribution is -2.36. The molecule has 1 saturated heterocycles. The van der Waals surface area contributed by atoms with Gasteiger partial charge in [-0.25, -0.2) is 9.97 Å². The molecule has 0 radical (unpaired) electrons. The van der Waals surface area contributed by atoms with Crippen molar-refractivity contribution >= 4 is 17.4 Å². The van der Waals surface area contributed by atoms with Gasteiger partial charge in [0.05, 0.1) is 21.3 Å². The fraction of sp³-hybridized carbons (Fsp3) is 0.370. The number of rotatable bonds is 7. The number of ether oxygens (including phenoxy) is 3. The van der Waals surface area contributed by atoms with Crippen LogP contribution in [0.1, 0.15) is 35.2 Å². The van der Waals surface area contributed by atoms with Crippen molar-refractivity contribution in [2.45, 2.75) is 26.2 Å². The van der Waals surface area contributed by atoms with Gasteiger partial charge in [-0.3, -0.25) is 4.79 Å². The molecule has 184 valence electrons. The molecule has 0 N–H and O–H groups in total. The Morgan fingerprint density at radius 1 is 0.943 bits per heavy atom. The second kappa shape index (κ2) is 10.6. The van der Waals surface area contributed by atoms with Crippen LogP contribution in [0.25, 0.3) is 11.4 Å². The molecule has 35 heavy (non-hydrogen) atoms. The van der Waals surface area contributed by atoms with Crippen LogP contribution in [0, 0.1) is 6.92 Å². The van der Waals surface area contributed by atoms with Gasteiger partial charge >= 0.3 is 0 Å². The molecule has 2 heterocycles. The Bertz CT molecular complexity index is 1170. The van der Waals surface area contributed by atoms with E-state index in [1.165, 1.54) is 0 Å². The first-order valence-electron chi connectivity index (χ1n) is 11.7. The van der Waals surface area contributed by atoms with Crippen LogP contribution in [0.5, 0.6) is 17.2 Å². The first-order chi connectivity index (χ1) is 17.0. The van der Waals surface area contributed by atoms with Gasteiger partial charge in [-0.05, 0) is 50.5 Å². The summed E-state index contributed by atoms with van der Waals surface area (Å²) in [5.41, 5.74) is 3.26. The maximum absolute atomic E-state index is 13.5. The van der Waals surface area contributed by atoms with E-state index in [9.17, 15) is 4.79 Å². The molecule has 3 aromatic rings. The summed E-state index contributed by atoms with van der Waals surface area (Å²) >= 11 is 0. The zero-order chi connectivity index (χ0) is 24.9. The second-order valence-electron chi connectivity index (χ2n) is 8.59. The number of hydrogen-bond donors (Lipinski definition) is 0. The highest BCUT2D eigenvalue weighted by atomic mass is 16.5. The van der Waals surface area contributed by atoms with E-state index in [1.807, 2.05) is 48.0 Å². The van der Waals surface area contributed by atoms with E-state index in [4.69, 9.17) is 19.2 Å². The van der Waals surface area contributed by atoms with Crippen LogP contribution in [-0.2, 0) is 0 Å². The average molecular weight is 477 g/mol. The largest absolute Gasteiger partial charge is 0.493 e. The molecule has 0 aliphatic carbocycles. The molecular weight excluding hydrogens is 444 g/mol. The molecule has 8 nitrogen and oxygen atoms in total. The molecule has 0 atom stereocenters. The first-order valence-corrected chi connectivity index (χ1v) is 11.7. The van der Waals surface area contributed by atoms with E-state index in [2.05, 4.69) is 4.98 Å². The van der Waals surface area contributed by atoms with E-state index in [0.29, 0.717) is 40.0 Å². The van der Waals surface area contributed by atoms with Crippen LogP contribution in [0.15, 0.2) is 42.6 Å². The van der Waals surface area contributed by atoms with E-state index in [1.54, 1.807) is 39.7 Å². The number of hydrogen-bond acceptors (Lipinski definition) is 7. The minimum absolute atomic E-state index is 0.0462. The fourth-order valence-electron chi connectivity index (χ4n) is 4.29. The second-order valence-corrected chi connectivity index (χ2v) is 8.59. The van der Waals surface area contributed by atoms with E-state index in [-0.39, 0.29) is 5.91 Å². The Morgan fingerprint density at radius 3 is 2.14 bits per heavy atom. The number of amides is 1. The third-order valence-electron chi connectivity index (χ3n) is 6.30. The molecule has 2 aromatic carbocycles. The lowest BCUT2D eigenvalue weighted by atomic mass is 10.1. The molecule has 1 aliphatic rings. The number of benzene rings is 2. The van der Waals surface area contributed by atoms with Gasteiger partial charge in [0.2, 0.25) is 5.75 Å². The van der Waals surface area contributed by atoms with Gasteiger partial charge in [0.1, 0.15) is 11.4 Å². The van der Waals surface area contributed by atoms with Crippen LogP contribution < -0.4 is 19.1 Å². The topological polar surface area (TPSA) is 77.0 Å². The van der Waals surface area contributed by atoms with Gasteiger partial charge in [-0.1, -0.05) is 17.7 Å². The predicted molar refractivity (Wildman–Crippen MR) is 136 cm³/mol. The summed E-state index contributed by atoms with van der Waals surface area (Å²) in [6.07, 6.45) is 4.80. The highest BCUT2D eigenvalue weighted by Crippen LogP contribution is 2.41. The highest BCUT2D eigenvalue weighted by molar-refractivity contribution is 5.99. The number of aryl methyl sites for hydroxylation is 1. The summed E-state index contributed by atoms with van der Waals surface area (Å²) in [5, 5.41) is 0. The quantitative estimate of drug-likeness (QED) is 0.481. The van der Waals surface area contributed by atoms with Crippen molar-refractivity contribution in [3.63, 3.8) is 0 Å². The summed E-state index contributed by atoms with van der Waals surface area (Å²) < 4.78 is 16.5. The number of methoxy groups -OCH3 is 3. The van der Waals surface area contributed by atoms with Gasteiger partial charge < -0.3 is 24.0 Å². The number of aromatic nitrogens is 2. The van der Waals surface area contributed by atoms with Crippen molar-refractivity contribution < 1.29 is 19.0 Å². The molecule has 0 bridgehead atoms. The summed E-state index contributed by atoms with van der Waals surface area (Å²) in [7, 11) is 6.61. The summed E-state index contributed by atoms with van der Waals surface area (Å²) in [4.78, 5) is 26.8. The minimum Gasteiger partial charge on any atom is -0.493 e. The zero-order valence-corrected chi connectivity index (χ0v) is 21.0. The Morgan fingerprint density at radius 2 is 1.57 bits per heavy atom. The molecule has 0 saturated carbocycles. The third-order valence-corrected chi connectivity index (χ3v) is 6.30. The van der Waals surface area contributed by atoms with E-state index >= 15 is 0 Å². The standard InChI is InChI=1S/C27H32N4O4/c1-18-9-11-20(12-10-18)30(2)26-21(27(32)31-13-7-6-8-14-31)17-28-25(29-26)19-15-22(33-3)24(35-5)23(16-19)34-4/h9-12,15-17H,6-8,13-14H2,1-5H3. The minimum atomic E-state index is -0.0462. The van der Waals surface area contributed by atoms with Gasteiger partial charge in [0.15, 0.2) is 17.3 Å². The molecule has 1 aliphatic heterocycles. The van der Waals surface area contributed by atoms with Crippen LogP contribution >= 0.6 is 0 Å². The predicted octanol–water partition coefficient (Wildman–Crippen LogP) is 4.87. The van der Waals surface area contributed by atoms with Crippen molar-refractivity contribution in [1.82, 2.24) is 14.9 Å². The molecule has 0 spiro atoms. The average Bonchev–Trinajstić information content (AvgIpc) is 2.91. The van der Waals surface area contributed by atoms with Crippen LogP contribution in [0.3, 0.4) is 0 Å². The number of nitrogens with zero attached hydrogens (tertiary/aromatic N) is 4. The van der Waals surface area contributed by atoms with E-state index < -0.39 is 0 Å². The Hall–Kier alpha value is -3.81. The number of carbonyl (C=O) groups excluding carboxylic acids is 1. The Balaban J connectivity index is 1.83. The maximum Gasteiger partial charge on any atom is 0.259 e. The van der Waals surface area contributed by atoms with E-state index in [0.717, 1.165) is 43.6 Å². The van der Waals surface area contributed by atoms with Gasteiger partial charge in [-0.15, -0.1) is 0 Å². The third kappa shape index (κ3) is 5.01. The van der Waals surface area contributed by atoms with Crippen LogP contribution in [0.2, 0.25) is 0 Å². The maximum atomic E-state index is 13.5. The molecule has 4 rings (SSSR count). The monoisotopic (exact) mass is 476 g/mol. The number of likely N-dealkylation sites (tertiary alicyclic amines) is 1. The smallest absolute Gasteiger partial charge is 0.259 e. The molecule has 0 unspecified atom stereocenters.